The van der Waals surface area contributed by atoms with Crippen LogP contribution in [0.5, 0.6) is 0 Å². The second-order valence-corrected chi connectivity index (χ2v) is 2.92. The van der Waals surface area contributed by atoms with Crippen LogP contribution in [0.1, 0.15) is 5.69 Å². The lowest BCUT2D eigenvalue weighted by atomic mass is 10.3. The number of aromatic nitrogens is 1. The predicted molar refractivity (Wildman–Crippen MR) is 52.7 cm³/mol. The summed E-state index contributed by atoms with van der Waals surface area (Å²) >= 11 is 4.71. The second kappa shape index (κ2) is 4.79. The van der Waals surface area contributed by atoms with Gasteiger partial charge in [-0.05, 0) is 12.1 Å². The molecule has 64 valence electrons. The SMILES string of the molecule is NC(=S)CNCc1ccccn1. The third-order valence-electron chi connectivity index (χ3n) is 1.33. The smallest absolute Gasteiger partial charge is 0.0867 e. The Morgan fingerprint density at radius 2 is 2.42 bits per heavy atom. The van der Waals surface area contributed by atoms with Crippen LogP contribution in [0, 0.1) is 0 Å². The fraction of sp³-hybridized carbons (Fsp3) is 0.250. The van der Waals surface area contributed by atoms with Gasteiger partial charge in [-0.2, -0.15) is 0 Å². The van der Waals surface area contributed by atoms with Gasteiger partial charge in [0.1, 0.15) is 0 Å². The monoisotopic (exact) mass is 181 g/mol. The van der Waals surface area contributed by atoms with Gasteiger partial charge in [0.05, 0.1) is 10.7 Å². The minimum atomic E-state index is 0.478. The Labute approximate surface area is 77.0 Å². The Hall–Kier alpha value is -1.00. The van der Waals surface area contributed by atoms with Crippen LogP contribution >= 0.6 is 12.2 Å². The van der Waals surface area contributed by atoms with Crippen LogP contribution in [0.15, 0.2) is 24.4 Å². The van der Waals surface area contributed by atoms with Crippen LogP contribution in [0.2, 0.25) is 0 Å². The molecule has 0 aromatic carbocycles. The predicted octanol–water partition coefficient (Wildman–Crippen LogP) is 0.457. The van der Waals surface area contributed by atoms with E-state index in [9.17, 15) is 0 Å². The van der Waals surface area contributed by atoms with Crippen LogP contribution < -0.4 is 11.1 Å². The summed E-state index contributed by atoms with van der Waals surface area (Å²) in [5.74, 6) is 0. The highest BCUT2D eigenvalue weighted by atomic mass is 32.1. The summed E-state index contributed by atoms with van der Waals surface area (Å²) in [6.07, 6.45) is 1.76. The molecule has 12 heavy (non-hydrogen) atoms. The van der Waals surface area contributed by atoms with Crippen LogP contribution in [0.4, 0.5) is 0 Å². The van der Waals surface area contributed by atoms with Gasteiger partial charge in [0.2, 0.25) is 0 Å². The lowest BCUT2D eigenvalue weighted by molar-refractivity contribution is 0.756. The lowest BCUT2D eigenvalue weighted by Crippen LogP contribution is -2.26. The highest BCUT2D eigenvalue weighted by molar-refractivity contribution is 7.80. The first-order valence-corrected chi connectivity index (χ1v) is 4.09. The van der Waals surface area contributed by atoms with E-state index in [1.54, 1.807) is 6.20 Å². The van der Waals surface area contributed by atoms with E-state index < -0.39 is 0 Å². The summed E-state index contributed by atoms with van der Waals surface area (Å²) in [7, 11) is 0. The first-order chi connectivity index (χ1) is 5.79. The highest BCUT2D eigenvalue weighted by Gasteiger charge is 1.91. The molecule has 0 bridgehead atoms. The maximum absolute atomic E-state index is 5.31. The van der Waals surface area contributed by atoms with Gasteiger partial charge in [0, 0.05) is 19.3 Å². The molecule has 0 aliphatic heterocycles. The fourth-order valence-electron chi connectivity index (χ4n) is 0.816. The molecule has 0 unspecified atom stereocenters. The molecule has 0 spiro atoms. The molecular weight excluding hydrogens is 170 g/mol. The van der Waals surface area contributed by atoms with Crippen LogP contribution in [-0.2, 0) is 6.54 Å². The largest absolute Gasteiger partial charge is 0.392 e. The summed E-state index contributed by atoms with van der Waals surface area (Å²) < 4.78 is 0. The molecule has 0 aliphatic rings. The molecule has 0 saturated carbocycles. The molecular formula is C8H11N3S. The Morgan fingerprint density at radius 1 is 1.58 bits per heavy atom. The van der Waals surface area contributed by atoms with Crippen molar-refractivity contribution in [2.75, 3.05) is 6.54 Å². The number of rotatable bonds is 4. The number of thiocarbonyl (C=S) groups is 1. The van der Waals surface area contributed by atoms with E-state index in [-0.39, 0.29) is 0 Å². The van der Waals surface area contributed by atoms with Gasteiger partial charge >= 0.3 is 0 Å². The lowest BCUT2D eigenvalue weighted by Gasteiger charge is -2.01. The Balaban J connectivity index is 2.29. The third kappa shape index (κ3) is 3.41. The molecule has 0 saturated heterocycles. The molecule has 1 aromatic heterocycles. The molecule has 3 nitrogen and oxygen atoms in total. The van der Waals surface area contributed by atoms with Gasteiger partial charge in [0.15, 0.2) is 0 Å². The third-order valence-corrected chi connectivity index (χ3v) is 1.48. The van der Waals surface area contributed by atoms with Gasteiger partial charge in [0.25, 0.3) is 0 Å². The topological polar surface area (TPSA) is 50.9 Å². The molecule has 0 fully saturated rings. The molecule has 1 heterocycles. The van der Waals surface area contributed by atoms with Gasteiger partial charge in [-0.15, -0.1) is 0 Å². The average Bonchev–Trinajstić information content (AvgIpc) is 2.05. The fourth-order valence-corrected chi connectivity index (χ4v) is 0.919. The van der Waals surface area contributed by atoms with Gasteiger partial charge < -0.3 is 11.1 Å². The van der Waals surface area contributed by atoms with Gasteiger partial charge in [-0.3, -0.25) is 4.98 Å². The summed E-state index contributed by atoms with van der Waals surface area (Å²) in [6.45, 7) is 1.27. The summed E-state index contributed by atoms with van der Waals surface area (Å²) in [5.41, 5.74) is 6.30. The van der Waals surface area contributed by atoms with E-state index in [1.165, 1.54) is 0 Å². The van der Waals surface area contributed by atoms with E-state index in [1.807, 2.05) is 18.2 Å². The molecule has 4 heteroatoms. The Kier molecular flexibility index (Phi) is 3.63. The molecule has 1 rings (SSSR count). The van der Waals surface area contributed by atoms with Crippen molar-refractivity contribution in [1.29, 1.82) is 0 Å². The standard InChI is InChI=1S/C8H11N3S/c9-8(12)6-10-5-7-3-1-2-4-11-7/h1-4,10H,5-6H2,(H2,9,12). The molecule has 0 radical (unpaired) electrons. The number of nitrogens with one attached hydrogen (secondary N) is 1. The maximum atomic E-state index is 5.31. The zero-order valence-electron chi connectivity index (χ0n) is 6.66. The Morgan fingerprint density at radius 3 is 3.00 bits per heavy atom. The first-order valence-electron chi connectivity index (χ1n) is 3.68. The van der Waals surface area contributed by atoms with Gasteiger partial charge in [-0.1, -0.05) is 18.3 Å². The Bertz CT molecular complexity index is 248. The zero-order chi connectivity index (χ0) is 8.81. The van der Waals surface area contributed by atoms with E-state index in [0.29, 0.717) is 18.1 Å². The molecule has 3 N–H and O–H groups in total. The van der Waals surface area contributed by atoms with E-state index in [4.69, 9.17) is 18.0 Å². The quantitative estimate of drug-likeness (QED) is 0.662. The number of nitrogens with two attached hydrogens (primary N) is 1. The van der Waals surface area contributed by atoms with Crippen LogP contribution in [0.25, 0.3) is 0 Å². The average molecular weight is 181 g/mol. The van der Waals surface area contributed by atoms with E-state index in [2.05, 4.69) is 10.3 Å². The summed E-state index contributed by atoms with van der Waals surface area (Å²) in [5, 5.41) is 3.07. The van der Waals surface area contributed by atoms with Crippen molar-refractivity contribution < 1.29 is 0 Å². The van der Waals surface area contributed by atoms with Crippen LogP contribution in [-0.4, -0.2) is 16.5 Å². The minimum Gasteiger partial charge on any atom is -0.392 e. The molecule has 0 atom stereocenters. The second-order valence-electron chi connectivity index (χ2n) is 2.39. The van der Waals surface area contributed by atoms with E-state index >= 15 is 0 Å². The maximum Gasteiger partial charge on any atom is 0.0867 e. The number of hydrogen-bond acceptors (Lipinski definition) is 3. The summed E-state index contributed by atoms with van der Waals surface area (Å²) in [6, 6.07) is 5.79. The van der Waals surface area contributed by atoms with Crippen molar-refractivity contribution in [1.82, 2.24) is 10.3 Å². The molecule has 0 aliphatic carbocycles. The van der Waals surface area contributed by atoms with Crippen molar-refractivity contribution in [2.45, 2.75) is 6.54 Å². The minimum absolute atomic E-state index is 0.478. The normalized spacial score (nSPS) is 9.67. The van der Waals surface area contributed by atoms with Crippen molar-refractivity contribution in [2.24, 2.45) is 5.73 Å². The number of pyridine rings is 1. The molecule has 1 aromatic rings. The van der Waals surface area contributed by atoms with Gasteiger partial charge in [-0.25, -0.2) is 0 Å². The number of hydrogen-bond donors (Lipinski definition) is 2. The number of nitrogens with zero attached hydrogens (tertiary/aromatic N) is 1. The first kappa shape index (κ1) is 9.09. The van der Waals surface area contributed by atoms with E-state index in [0.717, 1.165) is 5.69 Å². The zero-order valence-corrected chi connectivity index (χ0v) is 7.47. The van der Waals surface area contributed by atoms with Crippen LogP contribution in [0.3, 0.4) is 0 Å². The highest BCUT2D eigenvalue weighted by Crippen LogP contribution is 1.90. The van der Waals surface area contributed by atoms with Crippen molar-refractivity contribution in [3.05, 3.63) is 30.1 Å². The van der Waals surface area contributed by atoms with Crippen molar-refractivity contribution in [3.63, 3.8) is 0 Å². The molecule has 0 amide bonds. The van der Waals surface area contributed by atoms with Crippen molar-refractivity contribution >= 4 is 17.2 Å². The van der Waals surface area contributed by atoms with Crippen molar-refractivity contribution in [3.8, 4) is 0 Å². The summed E-state index contributed by atoms with van der Waals surface area (Å²) in [4.78, 5) is 4.61.